The Morgan fingerprint density at radius 2 is 2.24 bits per heavy atom. The fourth-order valence-electron chi connectivity index (χ4n) is 1.56. The van der Waals surface area contributed by atoms with Gasteiger partial charge in [-0.2, -0.15) is 0 Å². The van der Waals surface area contributed by atoms with E-state index in [1.165, 1.54) is 17.6 Å². The summed E-state index contributed by atoms with van der Waals surface area (Å²) in [6.07, 6.45) is 0. The number of nitrogens with zero attached hydrogens (tertiary/aromatic N) is 3. The van der Waals surface area contributed by atoms with E-state index in [0.717, 1.165) is 10.6 Å². The molecule has 0 aliphatic carbocycles. The van der Waals surface area contributed by atoms with Gasteiger partial charge in [0.25, 0.3) is 0 Å². The average molecular weight is 313 g/mol. The van der Waals surface area contributed by atoms with Crippen LogP contribution in [0.3, 0.4) is 0 Å². The van der Waals surface area contributed by atoms with E-state index >= 15 is 0 Å². The minimum Gasteiger partial charge on any atom is -0.337 e. The molecule has 0 amide bonds. The molecule has 0 spiro atoms. The monoisotopic (exact) mass is 312 g/mol. The SMILES string of the molecule is Cc1nnsc1-c1nc2cc(Br)c(F)cc2[nH]1. The molecule has 2 heterocycles. The van der Waals surface area contributed by atoms with E-state index in [-0.39, 0.29) is 5.82 Å². The molecule has 0 aliphatic heterocycles. The highest BCUT2D eigenvalue weighted by Gasteiger charge is 2.12. The van der Waals surface area contributed by atoms with Crippen LogP contribution in [0.15, 0.2) is 16.6 Å². The molecule has 4 nitrogen and oxygen atoms in total. The molecule has 0 saturated heterocycles. The van der Waals surface area contributed by atoms with Gasteiger partial charge in [-0.15, -0.1) is 5.10 Å². The highest BCUT2D eigenvalue weighted by molar-refractivity contribution is 9.10. The van der Waals surface area contributed by atoms with E-state index in [4.69, 9.17) is 0 Å². The number of benzene rings is 1. The average Bonchev–Trinajstić information content (AvgIpc) is 2.85. The van der Waals surface area contributed by atoms with Crippen LogP contribution < -0.4 is 0 Å². The Morgan fingerprint density at radius 1 is 1.41 bits per heavy atom. The van der Waals surface area contributed by atoms with Crippen LogP contribution in [-0.4, -0.2) is 19.6 Å². The van der Waals surface area contributed by atoms with Crippen molar-refractivity contribution in [3.8, 4) is 10.7 Å². The smallest absolute Gasteiger partial charge is 0.152 e. The predicted molar refractivity (Wildman–Crippen MR) is 67.4 cm³/mol. The van der Waals surface area contributed by atoms with Crippen LogP contribution >= 0.6 is 27.5 Å². The molecule has 0 unspecified atom stereocenters. The number of imidazole rings is 1. The molecule has 0 bridgehead atoms. The largest absolute Gasteiger partial charge is 0.337 e. The fourth-order valence-corrected chi connectivity index (χ4v) is 2.49. The van der Waals surface area contributed by atoms with Crippen molar-refractivity contribution in [3.05, 3.63) is 28.1 Å². The minimum absolute atomic E-state index is 0.313. The van der Waals surface area contributed by atoms with Crippen molar-refractivity contribution < 1.29 is 4.39 Å². The molecule has 86 valence electrons. The number of nitrogens with one attached hydrogen (secondary N) is 1. The Hall–Kier alpha value is -1.34. The highest BCUT2D eigenvalue weighted by atomic mass is 79.9. The van der Waals surface area contributed by atoms with Gasteiger partial charge in [0.1, 0.15) is 10.7 Å². The van der Waals surface area contributed by atoms with Crippen molar-refractivity contribution in [2.75, 3.05) is 0 Å². The van der Waals surface area contributed by atoms with Crippen molar-refractivity contribution >= 4 is 38.5 Å². The van der Waals surface area contributed by atoms with Gasteiger partial charge in [0.05, 0.1) is 21.2 Å². The van der Waals surface area contributed by atoms with Crippen molar-refractivity contribution in [1.29, 1.82) is 0 Å². The first kappa shape index (κ1) is 10.8. The normalized spacial score (nSPS) is 11.2. The van der Waals surface area contributed by atoms with E-state index in [1.807, 2.05) is 6.92 Å². The summed E-state index contributed by atoms with van der Waals surface area (Å²) in [5.74, 6) is 0.358. The number of aryl methyl sites for hydroxylation is 1. The molecule has 0 radical (unpaired) electrons. The number of fused-ring (bicyclic) bond motifs is 1. The molecule has 17 heavy (non-hydrogen) atoms. The number of halogens is 2. The molecule has 0 aliphatic rings. The first-order valence-corrected chi connectivity index (χ1v) is 6.36. The van der Waals surface area contributed by atoms with Crippen molar-refractivity contribution in [1.82, 2.24) is 19.6 Å². The molecule has 3 rings (SSSR count). The lowest BCUT2D eigenvalue weighted by Gasteiger charge is -1.92. The second-order valence-electron chi connectivity index (χ2n) is 3.56. The van der Waals surface area contributed by atoms with Crippen LogP contribution in [-0.2, 0) is 0 Å². The van der Waals surface area contributed by atoms with Crippen LogP contribution in [0, 0.1) is 12.7 Å². The second kappa shape index (κ2) is 3.85. The molecule has 0 atom stereocenters. The van der Waals surface area contributed by atoms with Gasteiger partial charge in [-0.1, -0.05) is 4.49 Å². The lowest BCUT2D eigenvalue weighted by Crippen LogP contribution is -1.79. The fraction of sp³-hybridized carbons (Fsp3) is 0.100. The zero-order chi connectivity index (χ0) is 12.0. The minimum atomic E-state index is -0.313. The predicted octanol–water partition coefficient (Wildman–Crippen LogP) is 3.29. The topological polar surface area (TPSA) is 54.5 Å². The van der Waals surface area contributed by atoms with Gasteiger partial charge in [-0.3, -0.25) is 0 Å². The maximum atomic E-state index is 13.4. The van der Waals surface area contributed by atoms with E-state index in [1.54, 1.807) is 6.07 Å². The molecular weight excluding hydrogens is 307 g/mol. The Morgan fingerprint density at radius 3 is 2.94 bits per heavy atom. The quantitative estimate of drug-likeness (QED) is 0.750. The van der Waals surface area contributed by atoms with E-state index < -0.39 is 0 Å². The van der Waals surface area contributed by atoms with Crippen LogP contribution in [0.2, 0.25) is 0 Å². The van der Waals surface area contributed by atoms with Crippen LogP contribution in [0.4, 0.5) is 4.39 Å². The molecular formula is C10H6BrFN4S. The number of rotatable bonds is 1. The van der Waals surface area contributed by atoms with Gasteiger partial charge in [0.15, 0.2) is 5.82 Å². The summed E-state index contributed by atoms with van der Waals surface area (Å²) in [5.41, 5.74) is 2.18. The number of aromatic nitrogens is 4. The Bertz CT molecular complexity index is 666. The zero-order valence-electron chi connectivity index (χ0n) is 8.66. The Balaban J connectivity index is 2.24. The summed E-state index contributed by atoms with van der Waals surface area (Å²) in [6, 6.07) is 3.06. The third-order valence-electron chi connectivity index (χ3n) is 2.39. The summed E-state index contributed by atoms with van der Waals surface area (Å²) in [6.45, 7) is 1.86. The maximum Gasteiger partial charge on any atom is 0.152 e. The van der Waals surface area contributed by atoms with Crippen molar-refractivity contribution in [2.45, 2.75) is 6.92 Å². The van der Waals surface area contributed by atoms with Gasteiger partial charge in [0.2, 0.25) is 0 Å². The van der Waals surface area contributed by atoms with Crippen LogP contribution in [0.25, 0.3) is 21.7 Å². The summed E-state index contributed by atoms with van der Waals surface area (Å²) in [7, 11) is 0. The van der Waals surface area contributed by atoms with Gasteiger partial charge < -0.3 is 4.98 Å². The molecule has 7 heteroatoms. The Labute approximate surface area is 108 Å². The summed E-state index contributed by atoms with van der Waals surface area (Å²) in [4.78, 5) is 8.33. The van der Waals surface area contributed by atoms with Crippen molar-refractivity contribution in [2.24, 2.45) is 0 Å². The van der Waals surface area contributed by atoms with Gasteiger partial charge in [-0.05, 0) is 40.5 Å². The summed E-state index contributed by atoms with van der Waals surface area (Å²) in [5, 5.41) is 3.92. The molecule has 1 N–H and O–H groups in total. The number of hydrogen-bond donors (Lipinski definition) is 1. The molecule has 3 aromatic rings. The number of aromatic amines is 1. The maximum absolute atomic E-state index is 13.4. The number of H-pyrrole nitrogens is 1. The zero-order valence-corrected chi connectivity index (χ0v) is 11.1. The molecule has 0 saturated carbocycles. The van der Waals surface area contributed by atoms with E-state index in [2.05, 4.69) is 35.5 Å². The Kier molecular flexibility index (Phi) is 2.44. The molecule has 1 aromatic carbocycles. The standard InChI is InChI=1S/C10H6BrFN4S/c1-4-9(17-16-15-4)10-13-7-2-5(11)6(12)3-8(7)14-10/h2-3H,1H3,(H,13,14). The van der Waals surface area contributed by atoms with Gasteiger partial charge in [-0.25, -0.2) is 9.37 Å². The second-order valence-corrected chi connectivity index (χ2v) is 5.16. The summed E-state index contributed by atoms with van der Waals surface area (Å²) >= 11 is 4.40. The van der Waals surface area contributed by atoms with Crippen LogP contribution in [0.1, 0.15) is 5.69 Å². The molecule has 0 fully saturated rings. The number of hydrogen-bond acceptors (Lipinski definition) is 4. The van der Waals surface area contributed by atoms with Gasteiger partial charge in [0, 0.05) is 6.07 Å². The first-order chi connectivity index (χ1) is 8.15. The third kappa shape index (κ3) is 1.75. The highest BCUT2D eigenvalue weighted by Crippen LogP contribution is 2.27. The summed E-state index contributed by atoms with van der Waals surface area (Å²) < 4.78 is 17.6. The lowest BCUT2D eigenvalue weighted by molar-refractivity contribution is 0.623. The van der Waals surface area contributed by atoms with Crippen molar-refractivity contribution in [3.63, 3.8) is 0 Å². The lowest BCUT2D eigenvalue weighted by atomic mass is 10.3. The van der Waals surface area contributed by atoms with Crippen LogP contribution in [0.5, 0.6) is 0 Å². The molecule has 2 aromatic heterocycles. The first-order valence-electron chi connectivity index (χ1n) is 4.79. The third-order valence-corrected chi connectivity index (χ3v) is 3.83. The van der Waals surface area contributed by atoms with E-state index in [0.29, 0.717) is 21.3 Å². The van der Waals surface area contributed by atoms with E-state index in [9.17, 15) is 4.39 Å². The van der Waals surface area contributed by atoms with Gasteiger partial charge >= 0.3 is 0 Å².